The fraction of sp³-hybridized carbons (Fsp3) is 0.0625. The molecule has 0 atom stereocenters. The Bertz CT molecular complexity index is 779. The number of carbonyl (C=O) groups excluding carboxylic acids is 2. The SMILES string of the molecule is O=C(C=Cc1cccs1)NC(=S)NNC(=O)COc1ccccc1Cl. The average Bonchev–Trinajstić information content (AvgIpc) is 3.11. The predicted molar refractivity (Wildman–Crippen MR) is 102 cm³/mol. The second kappa shape index (κ2) is 9.77. The molecule has 1 aromatic heterocycles. The molecule has 130 valence electrons. The van der Waals surface area contributed by atoms with Gasteiger partial charge in [0.05, 0.1) is 5.02 Å². The number of hydrogen-bond donors (Lipinski definition) is 3. The lowest BCUT2D eigenvalue weighted by Crippen LogP contribution is -2.49. The third-order valence-corrected chi connectivity index (χ3v) is 4.04. The molecule has 0 spiro atoms. The number of carbonyl (C=O) groups is 2. The van der Waals surface area contributed by atoms with E-state index in [9.17, 15) is 9.59 Å². The van der Waals surface area contributed by atoms with E-state index in [0.29, 0.717) is 10.8 Å². The van der Waals surface area contributed by atoms with E-state index in [4.69, 9.17) is 28.6 Å². The lowest BCUT2D eigenvalue weighted by atomic mass is 10.3. The fourth-order valence-electron chi connectivity index (χ4n) is 1.60. The number of amides is 2. The van der Waals surface area contributed by atoms with E-state index in [2.05, 4.69) is 16.2 Å². The Morgan fingerprint density at radius 3 is 2.72 bits per heavy atom. The van der Waals surface area contributed by atoms with Gasteiger partial charge in [-0.05, 0) is 41.9 Å². The van der Waals surface area contributed by atoms with Gasteiger partial charge in [-0.2, -0.15) is 0 Å². The van der Waals surface area contributed by atoms with Crippen LogP contribution in [0, 0.1) is 0 Å². The van der Waals surface area contributed by atoms with Gasteiger partial charge in [0.1, 0.15) is 5.75 Å². The first-order valence-corrected chi connectivity index (χ1v) is 8.70. The second-order valence-electron chi connectivity index (χ2n) is 4.56. The maximum Gasteiger partial charge on any atom is 0.276 e. The van der Waals surface area contributed by atoms with Crippen LogP contribution in [0.1, 0.15) is 4.88 Å². The van der Waals surface area contributed by atoms with E-state index in [1.165, 1.54) is 17.4 Å². The molecule has 0 saturated carbocycles. The van der Waals surface area contributed by atoms with Crippen LogP contribution in [0.3, 0.4) is 0 Å². The van der Waals surface area contributed by atoms with Crippen LogP contribution in [-0.4, -0.2) is 23.5 Å². The molecule has 6 nitrogen and oxygen atoms in total. The quantitative estimate of drug-likeness (QED) is 0.412. The normalized spacial score (nSPS) is 10.3. The number of ether oxygens (including phenoxy) is 1. The number of hydrogen-bond acceptors (Lipinski definition) is 5. The van der Waals surface area contributed by atoms with Gasteiger partial charge in [0.15, 0.2) is 11.7 Å². The van der Waals surface area contributed by atoms with Crippen molar-refractivity contribution in [2.75, 3.05) is 6.61 Å². The molecule has 0 radical (unpaired) electrons. The summed E-state index contributed by atoms with van der Waals surface area (Å²) >= 11 is 12.3. The second-order valence-corrected chi connectivity index (χ2v) is 6.35. The Balaban J connectivity index is 1.68. The van der Waals surface area contributed by atoms with Gasteiger partial charge >= 0.3 is 0 Å². The lowest BCUT2D eigenvalue weighted by molar-refractivity contribution is -0.123. The zero-order chi connectivity index (χ0) is 18.1. The van der Waals surface area contributed by atoms with Crippen molar-refractivity contribution in [2.45, 2.75) is 0 Å². The molecule has 25 heavy (non-hydrogen) atoms. The number of thiophene rings is 1. The van der Waals surface area contributed by atoms with Crippen LogP contribution in [0.5, 0.6) is 5.75 Å². The Kier molecular flexibility index (Phi) is 7.39. The van der Waals surface area contributed by atoms with Gasteiger partial charge in [0.25, 0.3) is 5.91 Å². The minimum absolute atomic E-state index is 0.0353. The summed E-state index contributed by atoms with van der Waals surface area (Å²) in [5.74, 6) is -0.493. The van der Waals surface area contributed by atoms with E-state index >= 15 is 0 Å². The van der Waals surface area contributed by atoms with Crippen LogP contribution in [0.4, 0.5) is 0 Å². The van der Waals surface area contributed by atoms with Crippen molar-refractivity contribution >= 4 is 58.2 Å². The van der Waals surface area contributed by atoms with Crippen LogP contribution in [-0.2, 0) is 9.59 Å². The lowest BCUT2D eigenvalue weighted by Gasteiger charge is -2.11. The first-order chi connectivity index (χ1) is 12.0. The van der Waals surface area contributed by atoms with Crippen LogP contribution in [0.2, 0.25) is 5.02 Å². The monoisotopic (exact) mass is 395 g/mol. The summed E-state index contributed by atoms with van der Waals surface area (Å²) < 4.78 is 5.27. The highest BCUT2D eigenvalue weighted by molar-refractivity contribution is 7.80. The predicted octanol–water partition coefficient (Wildman–Crippen LogP) is 2.52. The van der Waals surface area contributed by atoms with E-state index < -0.39 is 11.8 Å². The van der Waals surface area contributed by atoms with E-state index in [-0.39, 0.29) is 11.7 Å². The fourth-order valence-corrected chi connectivity index (χ4v) is 2.56. The molecular formula is C16H14ClN3O3S2. The van der Waals surface area contributed by atoms with Crippen LogP contribution in [0.15, 0.2) is 47.9 Å². The summed E-state index contributed by atoms with van der Waals surface area (Å²) in [4.78, 5) is 24.3. The minimum atomic E-state index is -0.481. The number of nitrogens with one attached hydrogen (secondary N) is 3. The first kappa shape index (κ1) is 18.9. The molecule has 9 heteroatoms. The molecule has 3 N–H and O–H groups in total. The smallest absolute Gasteiger partial charge is 0.276 e. The van der Waals surface area contributed by atoms with Gasteiger partial charge < -0.3 is 4.74 Å². The van der Waals surface area contributed by atoms with Crippen molar-refractivity contribution in [1.29, 1.82) is 0 Å². The van der Waals surface area contributed by atoms with E-state index in [1.807, 2.05) is 17.5 Å². The summed E-state index contributed by atoms with van der Waals surface area (Å²) in [6, 6.07) is 10.6. The number of para-hydroxylation sites is 1. The van der Waals surface area contributed by atoms with Crippen molar-refractivity contribution in [1.82, 2.24) is 16.2 Å². The molecule has 0 aliphatic carbocycles. The molecule has 0 saturated heterocycles. The van der Waals surface area contributed by atoms with Crippen molar-refractivity contribution in [3.8, 4) is 5.75 Å². The van der Waals surface area contributed by atoms with Gasteiger partial charge in [0.2, 0.25) is 5.91 Å². The molecule has 2 rings (SSSR count). The first-order valence-electron chi connectivity index (χ1n) is 7.03. The number of hydrazine groups is 1. The Hall–Kier alpha value is -2.42. The molecule has 0 aliphatic rings. The minimum Gasteiger partial charge on any atom is -0.482 e. The third-order valence-electron chi connectivity index (χ3n) is 2.69. The van der Waals surface area contributed by atoms with Crippen molar-refractivity contribution in [2.24, 2.45) is 0 Å². The molecule has 0 unspecified atom stereocenters. The highest BCUT2D eigenvalue weighted by Gasteiger charge is 2.06. The van der Waals surface area contributed by atoms with Crippen LogP contribution in [0.25, 0.3) is 6.08 Å². The van der Waals surface area contributed by atoms with Gasteiger partial charge in [-0.1, -0.05) is 29.8 Å². The summed E-state index contributed by atoms with van der Waals surface area (Å²) in [6.07, 6.45) is 3.01. The molecule has 1 heterocycles. The zero-order valence-corrected chi connectivity index (χ0v) is 15.2. The van der Waals surface area contributed by atoms with Gasteiger partial charge in [-0.15, -0.1) is 11.3 Å². The summed E-state index contributed by atoms with van der Waals surface area (Å²) in [6.45, 7) is -0.258. The van der Waals surface area contributed by atoms with Crippen LogP contribution >= 0.6 is 35.2 Å². The molecule has 0 bridgehead atoms. The van der Waals surface area contributed by atoms with Crippen LogP contribution < -0.4 is 20.9 Å². The Morgan fingerprint density at radius 1 is 1.20 bits per heavy atom. The maximum atomic E-state index is 11.7. The third kappa shape index (κ3) is 6.92. The summed E-state index contributed by atoms with van der Waals surface area (Å²) in [5, 5.41) is 4.68. The molecule has 2 amide bonds. The van der Waals surface area contributed by atoms with E-state index in [0.717, 1.165) is 4.88 Å². The number of thiocarbonyl (C=S) groups is 1. The van der Waals surface area contributed by atoms with E-state index in [1.54, 1.807) is 30.3 Å². The zero-order valence-electron chi connectivity index (χ0n) is 12.8. The van der Waals surface area contributed by atoms with Crippen molar-refractivity contribution < 1.29 is 14.3 Å². The van der Waals surface area contributed by atoms with Gasteiger partial charge in [-0.25, -0.2) is 0 Å². The summed E-state index contributed by atoms with van der Waals surface area (Å²) in [5.41, 5.74) is 4.73. The summed E-state index contributed by atoms with van der Waals surface area (Å²) in [7, 11) is 0. The molecule has 0 aliphatic heterocycles. The number of rotatable bonds is 5. The van der Waals surface area contributed by atoms with Crippen molar-refractivity contribution in [3.05, 3.63) is 57.8 Å². The average molecular weight is 396 g/mol. The Labute approximate surface area is 158 Å². The molecular weight excluding hydrogens is 382 g/mol. The van der Waals surface area contributed by atoms with Crippen molar-refractivity contribution in [3.63, 3.8) is 0 Å². The van der Waals surface area contributed by atoms with Gasteiger partial charge in [-0.3, -0.25) is 25.8 Å². The molecule has 2 aromatic rings. The number of benzene rings is 1. The molecule has 1 aromatic carbocycles. The molecule has 0 fully saturated rings. The highest BCUT2D eigenvalue weighted by Crippen LogP contribution is 2.22. The Morgan fingerprint density at radius 2 is 2.00 bits per heavy atom. The number of halogens is 1. The largest absolute Gasteiger partial charge is 0.482 e. The standard InChI is InChI=1S/C16H14ClN3O3S2/c17-12-5-1-2-6-13(12)23-10-15(22)19-20-16(24)18-14(21)8-7-11-4-3-9-25-11/h1-9H,10H2,(H,19,22)(H2,18,20,21,24). The topological polar surface area (TPSA) is 79.5 Å². The van der Waals surface area contributed by atoms with Gasteiger partial charge in [0, 0.05) is 11.0 Å². The highest BCUT2D eigenvalue weighted by atomic mass is 35.5. The maximum absolute atomic E-state index is 11.7.